The molecule has 1 heterocycles. The lowest BCUT2D eigenvalue weighted by atomic mass is 10.2. The molecule has 0 aliphatic carbocycles. The Balaban J connectivity index is 2.01. The second-order valence-electron chi connectivity index (χ2n) is 5.19. The molecule has 0 aliphatic heterocycles. The van der Waals surface area contributed by atoms with E-state index in [1.165, 1.54) is 6.07 Å². The van der Waals surface area contributed by atoms with E-state index < -0.39 is 17.8 Å². The summed E-state index contributed by atoms with van der Waals surface area (Å²) in [5, 5.41) is 11.6. The molecule has 0 bridgehead atoms. The molecule has 0 saturated heterocycles. The van der Waals surface area contributed by atoms with Crippen LogP contribution in [-0.4, -0.2) is 16.2 Å². The number of hydrogen-bond donors (Lipinski definition) is 1. The van der Waals surface area contributed by atoms with Gasteiger partial charge in [-0.15, -0.1) is 11.3 Å². The van der Waals surface area contributed by atoms with Crippen LogP contribution in [-0.2, 0) is 6.18 Å². The molecule has 1 aromatic heterocycles. The summed E-state index contributed by atoms with van der Waals surface area (Å²) in [4.78, 5) is 16.6. The first kappa shape index (κ1) is 18.2. The third-order valence-corrected chi connectivity index (χ3v) is 4.49. The van der Waals surface area contributed by atoms with Crippen LogP contribution in [0.4, 0.5) is 28.8 Å². The Labute approximate surface area is 155 Å². The third kappa shape index (κ3) is 3.81. The number of nitrogens with zero attached hydrogens (tertiary/aromatic N) is 2. The van der Waals surface area contributed by atoms with Crippen LogP contribution >= 0.6 is 22.9 Å². The highest BCUT2D eigenvalue weighted by Gasteiger charge is 2.32. The Hall–Kier alpha value is -2.58. The lowest BCUT2D eigenvalue weighted by Gasteiger charge is -2.17. The van der Waals surface area contributed by atoms with Crippen LogP contribution in [0.25, 0.3) is 11.3 Å². The van der Waals surface area contributed by atoms with Crippen molar-refractivity contribution >= 4 is 39.8 Å². The minimum atomic E-state index is -4.57. The zero-order chi connectivity index (χ0) is 18.9. The molecule has 0 aliphatic rings. The number of hydrogen-bond acceptors (Lipinski definition) is 3. The van der Waals surface area contributed by atoms with E-state index in [-0.39, 0.29) is 10.8 Å². The van der Waals surface area contributed by atoms with Crippen molar-refractivity contribution in [2.75, 3.05) is 4.90 Å². The first-order valence-electron chi connectivity index (χ1n) is 7.17. The van der Waals surface area contributed by atoms with Gasteiger partial charge in [-0.1, -0.05) is 29.8 Å². The van der Waals surface area contributed by atoms with E-state index in [9.17, 15) is 23.1 Å². The predicted octanol–water partition coefficient (Wildman–Crippen LogP) is 6.30. The van der Waals surface area contributed by atoms with Gasteiger partial charge >= 0.3 is 12.3 Å². The zero-order valence-corrected chi connectivity index (χ0v) is 14.4. The van der Waals surface area contributed by atoms with Crippen LogP contribution in [0, 0.1) is 0 Å². The number of rotatable bonds is 3. The lowest BCUT2D eigenvalue weighted by molar-refractivity contribution is -0.137. The number of anilines is 2. The molecule has 9 heteroatoms. The third-order valence-electron chi connectivity index (χ3n) is 3.43. The molecule has 134 valence electrons. The number of aromatic nitrogens is 1. The largest absolute Gasteiger partial charge is 0.464 e. The average Bonchev–Trinajstić information content (AvgIpc) is 3.04. The molecule has 4 nitrogen and oxygen atoms in total. The van der Waals surface area contributed by atoms with Crippen molar-refractivity contribution in [1.29, 1.82) is 0 Å². The number of halogens is 4. The van der Waals surface area contributed by atoms with Crippen LogP contribution in [0.15, 0.2) is 53.9 Å². The lowest BCUT2D eigenvalue weighted by Crippen LogP contribution is -2.24. The normalized spacial score (nSPS) is 11.4. The first-order chi connectivity index (χ1) is 12.3. The minimum absolute atomic E-state index is 0.0341. The van der Waals surface area contributed by atoms with E-state index >= 15 is 0 Å². The van der Waals surface area contributed by atoms with Gasteiger partial charge in [-0.3, -0.25) is 0 Å². The van der Waals surface area contributed by atoms with Gasteiger partial charge in [-0.25, -0.2) is 14.7 Å². The second kappa shape index (κ2) is 6.97. The number of carboxylic acid groups (broad SMARTS) is 1. The summed E-state index contributed by atoms with van der Waals surface area (Å²) in [7, 11) is 0. The summed E-state index contributed by atoms with van der Waals surface area (Å²) in [6.45, 7) is 0. The SMILES string of the molecule is O=C(O)N(c1cccc(C(F)(F)F)c1)c1nc(-c2cccc(Cl)c2)cs1. The highest BCUT2D eigenvalue weighted by molar-refractivity contribution is 7.14. The molecule has 3 aromatic rings. The molecule has 0 atom stereocenters. The molecular formula is C17H10ClF3N2O2S. The molecule has 1 N–H and O–H groups in total. The summed E-state index contributed by atoms with van der Waals surface area (Å²) in [5.41, 5.74) is 0.0762. The van der Waals surface area contributed by atoms with Crippen LogP contribution in [0.5, 0.6) is 0 Å². The van der Waals surface area contributed by atoms with Gasteiger partial charge in [0.15, 0.2) is 5.13 Å². The summed E-state index contributed by atoms with van der Waals surface area (Å²) in [6, 6.07) is 10.9. The van der Waals surface area contributed by atoms with Crippen molar-refractivity contribution in [3.05, 3.63) is 64.5 Å². The van der Waals surface area contributed by atoms with Crippen molar-refractivity contribution in [2.24, 2.45) is 0 Å². The molecule has 2 aromatic carbocycles. The summed E-state index contributed by atoms with van der Waals surface area (Å²) in [6.07, 6.45) is -6.01. The van der Waals surface area contributed by atoms with Gasteiger partial charge in [-0.2, -0.15) is 13.2 Å². The molecule has 0 fully saturated rings. The fourth-order valence-electron chi connectivity index (χ4n) is 2.27. The van der Waals surface area contributed by atoms with Crippen molar-refractivity contribution in [3.8, 4) is 11.3 Å². The van der Waals surface area contributed by atoms with Crippen molar-refractivity contribution in [2.45, 2.75) is 6.18 Å². The summed E-state index contributed by atoms with van der Waals surface area (Å²) >= 11 is 6.94. The maximum Gasteiger partial charge on any atom is 0.418 e. The van der Waals surface area contributed by atoms with Crippen molar-refractivity contribution in [3.63, 3.8) is 0 Å². The van der Waals surface area contributed by atoms with Crippen LogP contribution in [0.3, 0.4) is 0 Å². The first-order valence-corrected chi connectivity index (χ1v) is 8.43. The zero-order valence-electron chi connectivity index (χ0n) is 12.9. The highest BCUT2D eigenvalue weighted by Crippen LogP contribution is 2.36. The summed E-state index contributed by atoms with van der Waals surface area (Å²) in [5.74, 6) is 0. The topological polar surface area (TPSA) is 53.4 Å². The van der Waals surface area contributed by atoms with E-state index in [4.69, 9.17) is 11.6 Å². The van der Waals surface area contributed by atoms with Crippen molar-refractivity contribution < 1.29 is 23.1 Å². The number of amides is 1. The number of benzene rings is 2. The summed E-state index contributed by atoms with van der Waals surface area (Å²) < 4.78 is 38.7. The minimum Gasteiger partial charge on any atom is -0.464 e. The molecule has 1 amide bonds. The Morgan fingerprint density at radius 1 is 1.15 bits per heavy atom. The predicted molar refractivity (Wildman–Crippen MR) is 94.2 cm³/mol. The molecule has 3 rings (SSSR count). The number of carbonyl (C=O) groups is 1. The molecule has 0 saturated carbocycles. The molecule has 26 heavy (non-hydrogen) atoms. The number of thiazole rings is 1. The maximum absolute atomic E-state index is 12.9. The van der Waals surface area contributed by atoms with E-state index in [1.807, 2.05) is 0 Å². The quantitative estimate of drug-likeness (QED) is 0.563. The van der Waals surface area contributed by atoms with E-state index in [0.29, 0.717) is 21.2 Å². The molecule has 0 unspecified atom stereocenters. The fourth-order valence-corrected chi connectivity index (χ4v) is 3.31. The van der Waals surface area contributed by atoms with E-state index in [2.05, 4.69) is 4.98 Å². The van der Waals surface area contributed by atoms with Gasteiger partial charge in [-0.05, 0) is 30.3 Å². The maximum atomic E-state index is 12.9. The van der Waals surface area contributed by atoms with Gasteiger partial charge in [0.1, 0.15) is 0 Å². The van der Waals surface area contributed by atoms with Gasteiger partial charge < -0.3 is 5.11 Å². The van der Waals surface area contributed by atoms with Gasteiger partial charge in [0, 0.05) is 16.0 Å². The highest BCUT2D eigenvalue weighted by atomic mass is 35.5. The second-order valence-corrected chi connectivity index (χ2v) is 6.46. The van der Waals surface area contributed by atoms with Gasteiger partial charge in [0.05, 0.1) is 16.9 Å². The van der Waals surface area contributed by atoms with Gasteiger partial charge in [0.25, 0.3) is 0 Å². The average molecular weight is 399 g/mol. The van der Waals surface area contributed by atoms with Crippen molar-refractivity contribution in [1.82, 2.24) is 4.98 Å². The van der Waals surface area contributed by atoms with E-state index in [1.54, 1.807) is 29.6 Å². The van der Waals surface area contributed by atoms with Crippen LogP contribution in [0.2, 0.25) is 5.02 Å². The Morgan fingerprint density at radius 3 is 2.54 bits per heavy atom. The molecule has 0 radical (unpaired) electrons. The molecule has 0 spiro atoms. The van der Waals surface area contributed by atoms with Gasteiger partial charge in [0.2, 0.25) is 0 Å². The van der Waals surface area contributed by atoms with Crippen LogP contribution in [0.1, 0.15) is 5.56 Å². The van der Waals surface area contributed by atoms with Crippen LogP contribution < -0.4 is 4.90 Å². The monoisotopic (exact) mass is 398 g/mol. The Bertz CT molecular complexity index is 959. The fraction of sp³-hybridized carbons (Fsp3) is 0.0588. The Morgan fingerprint density at radius 2 is 1.88 bits per heavy atom. The Kier molecular flexibility index (Phi) is 4.88. The smallest absolute Gasteiger partial charge is 0.418 e. The molecular weight excluding hydrogens is 389 g/mol. The number of alkyl halides is 3. The van der Waals surface area contributed by atoms with E-state index in [0.717, 1.165) is 29.5 Å². The standard InChI is InChI=1S/C17H10ClF3N2O2S/c18-12-5-1-3-10(7-12)14-9-26-15(22-14)23(16(24)25)13-6-2-4-11(8-13)17(19,20)21/h1-9H,(H,24,25).